The van der Waals surface area contributed by atoms with Crippen molar-refractivity contribution in [3.63, 3.8) is 0 Å². The van der Waals surface area contributed by atoms with Crippen LogP contribution in [0.5, 0.6) is 5.75 Å². The predicted molar refractivity (Wildman–Crippen MR) is 78.3 cm³/mol. The first kappa shape index (κ1) is 15.3. The number of likely N-dealkylation sites (tertiary alicyclic amines) is 1. The Balaban J connectivity index is 2.19. The van der Waals surface area contributed by atoms with Crippen molar-refractivity contribution < 1.29 is 14.8 Å². The van der Waals surface area contributed by atoms with E-state index in [0.29, 0.717) is 13.1 Å². The summed E-state index contributed by atoms with van der Waals surface area (Å²) < 4.78 is 0. The van der Waals surface area contributed by atoms with E-state index in [1.54, 1.807) is 4.90 Å². The number of phenols is 1. The molecule has 0 atom stereocenters. The van der Waals surface area contributed by atoms with E-state index in [4.69, 9.17) is 0 Å². The van der Waals surface area contributed by atoms with Gasteiger partial charge in [-0.05, 0) is 24.3 Å². The third kappa shape index (κ3) is 2.99. The molecular weight excluding hydrogens is 272 g/mol. The van der Waals surface area contributed by atoms with Crippen LogP contribution in [0, 0.1) is 15.5 Å². The topological polar surface area (TPSA) is 83.7 Å². The van der Waals surface area contributed by atoms with Gasteiger partial charge in [0.05, 0.1) is 10.5 Å². The smallest absolute Gasteiger partial charge is 0.311 e. The lowest BCUT2D eigenvalue weighted by Crippen LogP contribution is -2.42. The van der Waals surface area contributed by atoms with Crippen molar-refractivity contribution in [3.05, 3.63) is 33.9 Å². The Morgan fingerprint density at radius 1 is 1.43 bits per heavy atom. The molecule has 2 rings (SSSR count). The number of piperidine rings is 1. The van der Waals surface area contributed by atoms with Gasteiger partial charge in [-0.3, -0.25) is 14.9 Å². The summed E-state index contributed by atoms with van der Waals surface area (Å²) in [5, 5.41) is 20.7. The number of aromatic hydroxyl groups is 1. The summed E-state index contributed by atoms with van der Waals surface area (Å²) >= 11 is 0. The van der Waals surface area contributed by atoms with Crippen molar-refractivity contribution >= 4 is 11.6 Å². The highest BCUT2D eigenvalue weighted by Gasteiger charge is 2.32. The summed E-state index contributed by atoms with van der Waals surface area (Å²) in [5.74, 6) is -0.884. The van der Waals surface area contributed by atoms with Crippen molar-refractivity contribution in [2.45, 2.75) is 33.1 Å². The normalized spacial score (nSPS) is 17.5. The number of amides is 1. The van der Waals surface area contributed by atoms with E-state index in [1.165, 1.54) is 18.2 Å². The van der Waals surface area contributed by atoms with E-state index in [0.717, 1.165) is 19.3 Å². The van der Waals surface area contributed by atoms with Gasteiger partial charge in [-0.15, -0.1) is 0 Å². The van der Waals surface area contributed by atoms with Gasteiger partial charge >= 0.3 is 5.69 Å². The van der Waals surface area contributed by atoms with Gasteiger partial charge in [-0.2, -0.15) is 0 Å². The van der Waals surface area contributed by atoms with Crippen LogP contribution >= 0.6 is 0 Å². The first-order valence-electron chi connectivity index (χ1n) is 7.13. The average Bonchev–Trinajstić information content (AvgIpc) is 2.47. The zero-order valence-electron chi connectivity index (χ0n) is 12.3. The molecule has 1 aromatic carbocycles. The van der Waals surface area contributed by atoms with Gasteiger partial charge in [0.2, 0.25) is 5.75 Å². The molecule has 0 bridgehead atoms. The van der Waals surface area contributed by atoms with Crippen LogP contribution in [0.1, 0.15) is 43.5 Å². The number of phenolic OH excluding ortho intramolecular Hbond substituents is 1. The number of nitro groups is 1. The van der Waals surface area contributed by atoms with Gasteiger partial charge in [0.1, 0.15) is 0 Å². The molecule has 1 aliphatic rings. The molecule has 114 valence electrons. The van der Waals surface area contributed by atoms with Crippen LogP contribution in [-0.4, -0.2) is 33.9 Å². The largest absolute Gasteiger partial charge is 0.502 e. The molecule has 1 N–H and O–H groups in total. The second-order valence-electron chi connectivity index (χ2n) is 5.89. The molecular formula is C15H20N2O4. The van der Waals surface area contributed by atoms with Crippen LogP contribution in [0.15, 0.2) is 18.2 Å². The van der Waals surface area contributed by atoms with E-state index >= 15 is 0 Å². The van der Waals surface area contributed by atoms with Crippen LogP contribution in [0.3, 0.4) is 0 Å². The highest BCUT2D eigenvalue weighted by Crippen LogP contribution is 2.36. The second kappa shape index (κ2) is 5.71. The fourth-order valence-corrected chi connectivity index (χ4v) is 2.62. The molecule has 1 saturated heterocycles. The fourth-order valence-electron chi connectivity index (χ4n) is 2.62. The number of carbonyl (C=O) groups excluding carboxylic acids is 1. The van der Waals surface area contributed by atoms with Crippen LogP contribution < -0.4 is 0 Å². The maximum atomic E-state index is 12.4. The Hall–Kier alpha value is -2.11. The Bertz CT molecular complexity index is 563. The van der Waals surface area contributed by atoms with E-state index in [9.17, 15) is 20.0 Å². The molecule has 0 aromatic heterocycles. The van der Waals surface area contributed by atoms with Gasteiger partial charge < -0.3 is 10.0 Å². The zero-order chi connectivity index (χ0) is 15.6. The molecule has 1 fully saturated rings. The van der Waals surface area contributed by atoms with Crippen molar-refractivity contribution in [1.29, 1.82) is 0 Å². The lowest BCUT2D eigenvalue weighted by atomic mass is 9.78. The molecule has 0 unspecified atom stereocenters. The molecule has 1 aromatic rings. The van der Waals surface area contributed by atoms with Crippen LogP contribution in [0.4, 0.5) is 5.69 Å². The van der Waals surface area contributed by atoms with Gasteiger partial charge in [0.25, 0.3) is 5.91 Å². The number of nitrogens with zero attached hydrogens (tertiary/aromatic N) is 2. The quantitative estimate of drug-likeness (QED) is 0.685. The zero-order valence-corrected chi connectivity index (χ0v) is 12.3. The van der Waals surface area contributed by atoms with Gasteiger partial charge in [0, 0.05) is 19.2 Å². The highest BCUT2D eigenvalue weighted by molar-refractivity contribution is 5.98. The van der Waals surface area contributed by atoms with Crippen molar-refractivity contribution in [2.24, 2.45) is 5.41 Å². The first-order valence-corrected chi connectivity index (χ1v) is 7.13. The molecule has 1 aliphatic heterocycles. The first-order chi connectivity index (χ1) is 9.88. The minimum Gasteiger partial charge on any atom is -0.502 e. The number of rotatable bonds is 3. The van der Waals surface area contributed by atoms with Crippen molar-refractivity contribution in [2.75, 3.05) is 13.1 Å². The minimum atomic E-state index is -0.684. The SMILES string of the molecule is CCC1(C)CCN(C(=O)c2cccc([N+](=O)[O-])c2O)CC1. The molecule has 1 amide bonds. The number of hydrogen-bond acceptors (Lipinski definition) is 4. The van der Waals surface area contributed by atoms with E-state index in [2.05, 4.69) is 13.8 Å². The Labute approximate surface area is 123 Å². The second-order valence-corrected chi connectivity index (χ2v) is 5.89. The number of hydrogen-bond donors (Lipinski definition) is 1. The number of carbonyl (C=O) groups is 1. The highest BCUT2D eigenvalue weighted by atomic mass is 16.6. The average molecular weight is 292 g/mol. The minimum absolute atomic E-state index is 0.00398. The number of nitro benzene ring substituents is 1. The van der Waals surface area contributed by atoms with Crippen LogP contribution in [-0.2, 0) is 0 Å². The third-order valence-corrected chi connectivity index (χ3v) is 4.55. The lowest BCUT2D eigenvalue weighted by Gasteiger charge is -2.38. The molecule has 0 aliphatic carbocycles. The van der Waals surface area contributed by atoms with Gasteiger partial charge in [-0.1, -0.05) is 26.3 Å². The van der Waals surface area contributed by atoms with Crippen molar-refractivity contribution in [3.8, 4) is 5.75 Å². The van der Waals surface area contributed by atoms with E-state index in [-0.39, 0.29) is 16.9 Å². The Kier molecular flexibility index (Phi) is 4.16. The van der Waals surface area contributed by atoms with Gasteiger partial charge in [-0.25, -0.2) is 0 Å². The summed E-state index contributed by atoms with van der Waals surface area (Å²) in [6.45, 7) is 5.58. The van der Waals surface area contributed by atoms with E-state index < -0.39 is 16.4 Å². The lowest BCUT2D eigenvalue weighted by molar-refractivity contribution is -0.385. The Morgan fingerprint density at radius 2 is 2.05 bits per heavy atom. The predicted octanol–water partition coefficient (Wildman–Crippen LogP) is 2.95. The fraction of sp³-hybridized carbons (Fsp3) is 0.533. The summed E-state index contributed by atoms with van der Waals surface area (Å²) in [5.41, 5.74) is -0.179. The van der Waals surface area contributed by atoms with Gasteiger partial charge in [0.15, 0.2) is 0 Å². The molecule has 21 heavy (non-hydrogen) atoms. The Morgan fingerprint density at radius 3 is 2.57 bits per heavy atom. The van der Waals surface area contributed by atoms with E-state index in [1.807, 2.05) is 0 Å². The van der Waals surface area contributed by atoms with Crippen LogP contribution in [0.2, 0.25) is 0 Å². The standard InChI is InChI=1S/C15H20N2O4/c1-3-15(2)7-9-16(10-8-15)14(19)11-5-4-6-12(13(11)18)17(20)21/h4-6,18H,3,7-10H2,1-2H3. The molecule has 0 saturated carbocycles. The molecule has 1 heterocycles. The summed E-state index contributed by atoms with van der Waals surface area (Å²) in [6.07, 6.45) is 2.88. The molecule has 0 radical (unpaired) electrons. The van der Waals surface area contributed by atoms with Crippen LogP contribution in [0.25, 0.3) is 0 Å². The monoisotopic (exact) mass is 292 g/mol. The number of para-hydroxylation sites is 1. The van der Waals surface area contributed by atoms with Crippen molar-refractivity contribution in [1.82, 2.24) is 4.90 Å². The molecule has 6 heteroatoms. The maximum Gasteiger partial charge on any atom is 0.311 e. The summed E-state index contributed by atoms with van der Waals surface area (Å²) in [4.78, 5) is 24.2. The number of benzene rings is 1. The maximum absolute atomic E-state index is 12.4. The summed E-state index contributed by atoms with van der Waals surface area (Å²) in [7, 11) is 0. The molecule has 0 spiro atoms. The molecule has 6 nitrogen and oxygen atoms in total. The third-order valence-electron chi connectivity index (χ3n) is 4.55. The summed E-state index contributed by atoms with van der Waals surface area (Å²) in [6, 6.07) is 4.04.